The molecule has 0 aliphatic heterocycles. The fourth-order valence-electron chi connectivity index (χ4n) is 1.92. The maximum atomic E-state index is 11.3. The highest BCUT2D eigenvalue weighted by molar-refractivity contribution is 5.76. The van der Waals surface area contributed by atoms with Gasteiger partial charge >= 0.3 is 0 Å². The van der Waals surface area contributed by atoms with Crippen LogP contribution in [-0.2, 0) is 4.79 Å². The fraction of sp³-hybridized carbons (Fsp3) is 0.900. The van der Waals surface area contributed by atoms with E-state index in [1.54, 1.807) is 0 Å². The highest BCUT2D eigenvalue weighted by atomic mass is 16.1. The van der Waals surface area contributed by atoms with Crippen LogP contribution in [0.2, 0.25) is 0 Å². The van der Waals surface area contributed by atoms with Gasteiger partial charge in [0, 0.05) is 18.5 Å². The van der Waals surface area contributed by atoms with Crippen molar-refractivity contribution in [1.82, 2.24) is 5.32 Å². The molecule has 0 radical (unpaired) electrons. The van der Waals surface area contributed by atoms with Crippen molar-refractivity contribution in [1.29, 1.82) is 0 Å². The molecule has 1 aliphatic carbocycles. The molecular weight excluding hydrogens is 164 g/mol. The molecule has 3 N–H and O–H groups in total. The average Bonchev–Trinajstić information content (AvgIpc) is 2.33. The maximum absolute atomic E-state index is 11.3. The monoisotopic (exact) mass is 184 g/mol. The van der Waals surface area contributed by atoms with Crippen LogP contribution in [0.5, 0.6) is 0 Å². The number of hydrogen-bond donors (Lipinski definition) is 2. The molecule has 1 saturated carbocycles. The van der Waals surface area contributed by atoms with Crippen molar-refractivity contribution in [3.63, 3.8) is 0 Å². The van der Waals surface area contributed by atoms with Gasteiger partial charge in [0.05, 0.1) is 0 Å². The van der Waals surface area contributed by atoms with E-state index in [4.69, 9.17) is 5.73 Å². The predicted octanol–water partition coefficient (Wildman–Crippen LogP) is 1.03. The van der Waals surface area contributed by atoms with Gasteiger partial charge in [0.2, 0.25) is 5.91 Å². The number of carbonyl (C=O) groups excluding carboxylic acids is 1. The van der Waals surface area contributed by atoms with E-state index in [2.05, 4.69) is 12.2 Å². The Labute approximate surface area is 80.1 Å². The topological polar surface area (TPSA) is 55.1 Å². The standard InChI is InChI=1S/C10H20N2O/c1-7-3-4-9(5-7)12-10(13)6-8(2)11/h7-9H,3-6,11H2,1-2H3,(H,12,13). The summed E-state index contributed by atoms with van der Waals surface area (Å²) in [6.07, 6.45) is 3.95. The SMILES string of the molecule is CC(N)CC(=O)NC1CCC(C)C1. The van der Waals surface area contributed by atoms with Crippen LogP contribution in [0.3, 0.4) is 0 Å². The second-order valence-corrected chi connectivity index (χ2v) is 4.36. The van der Waals surface area contributed by atoms with E-state index >= 15 is 0 Å². The number of nitrogens with two attached hydrogens (primary N) is 1. The van der Waals surface area contributed by atoms with E-state index in [9.17, 15) is 4.79 Å². The third-order valence-electron chi connectivity index (χ3n) is 2.57. The van der Waals surface area contributed by atoms with Crippen LogP contribution < -0.4 is 11.1 Å². The summed E-state index contributed by atoms with van der Waals surface area (Å²) in [5.74, 6) is 0.870. The zero-order valence-corrected chi connectivity index (χ0v) is 8.55. The number of nitrogens with one attached hydrogen (secondary N) is 1. The molecule has 0 aromatic carbocycles. The Morgan fingerprint density at radius 2 is 2.31 bits per heavy atom. The van der Waals surface area contributed by atoms with Crippen LogP contribution in [0, 0.1) is 5.92 Å². The number of hydrogen-bond acceptors (Lipinski definition) is 2. The van der Waals surface area contributed by atoms with E-state index in [-0.39, 0.29) is 11.9 Å². The summed E-state index contributed by atoms with van der Waals surface area (Å²) < 4.78 is 0. The number of rotatable bonds is 3. The summed E-state index contributed by atoms with van der Waals surface area (Å²) >= 11 is 0. The lowest BCUT2D eigenvalue weighted by Gasteiger charge is -2.13. The minimum Gasteiger partial charge on any atom is -0.353 e. The van der Waals surface area contributed by atoms with E-state index in [1.807, 2.05) is 6.92 Å². The first-order valence-electron chi connectivity index (χ1n) is 5.13. The maximum Gasteiger partial charge on any atom is 0.221 e. The minimum atomic E-state index is -0.0289. The minimum absolute atomic E-state index is 0.0289. The molecule has 0 spiro atoms. The molecule has 3 heteroatoms. The van der Waals surface area contributed by atoms with E-state index < -0.39 is 0 Å². The van der Waals surface area contributed by atoms with E-state index in [0.29, 0.717) is 12.5 Å². The van der Waals surface area contributed by atoms with Gasteiger partial charge in [-0.05, 0) is 32.1 Å². The zero-order valence-electron chi connectivity index (χ0n) is 8.55. The molecule has 0 bridgehead atoms. The molecule has 0 saturated heterocycles. The second kappa shape index (κ2) is 4.61. The van der Waals surface area contributed by atoms with Gasteiger partial charge in [-0.2, -0.15) is 0 Å². The Morgan fingerprint density at radius 1 is 1.62 bits per heavy atom. The smallest absolute Gasteiger partial charge is 0.221 e. The van der Waals surface area contributed by atoms with Gasteiger partial charge in [-0.3, -0.25) is 4.79 Å². The average molecular weight is 184 g/mol. The van der Waals surface area contributed by atoms with Crippen molar-refractivity contribution in [3.05, 3.63) is 0 Å². The van der Waals surface area contributed by atoms with Crippen LogP contribution in [-0.4, -0.2) is 18.0 Å². The Balaban J connectivity index is 2.21. The van der Waals surface area contributed by atoms with Crippen molar-refractivity contribution in [3.8, 4) is 0 Å². The van der Waals surface area contributed by atoms with E-state index in [0.717, 1.165) is 18.8 Å². The fourth-order valence-corrected chi connectivity index (χ4v) is 1.92. The lowest BCUT2D eigenvalue weighted by molar-refractivity contribution is -0.122. The lowest BCUT2D eigenvalue weighted by atomic mass is 10.1. The second-order valence-electron chi connectivity index (χ2n) is 4.36. The molecule has 1 amide bonds. The van der Waals surface area contributed by atoms with Crippen LogP contribution in [0.25, 0.3) is 0 Å². The third-order valence-corrected chi connectivity index (χ3v) is 2.57. The molecule has 1 fully saturated rings. The molecule has 76 valence electrons. The van der Waals surface area contributed by atoms with E-state index in [1.165, 1.54) is 6.42 Å². The number of amides is 1. The molecule has 3 atom stereocenters. The molecule has 1 aliphatic rings. The molecule has 3 nitrogen and oxygen atoms in total. The Kier molecular flexibility index (Phi) is 3.72. The van der Waals surface area contributed by atoms with Crippen molar-refractivity contribution in [2.24, 2.45) is 11.7 Å². The Bertz CT molecular complexity index is 180. The van der Waals surface area contributed by atoms with Crippen molar-refractivity contribution in [2.45, 2.75) is 51.6 Å². The van der Waals surface area contributed by atoms with Crippen molar-refractivity contribution in [2.75, 3.05) is 0 Å². The van der Waals surface area contributed by atoms with Gasteiger partial charge in [-0.1, -0.05) is 6.92 Å². The van der Waals surface area contributed by atoms with Crippen LogP contribution >= 0.6 is 0 Å². The van der Waals surface area contributed by atoms with Crippen molar-refractivity contribution < 1.29 is 4.79 Å². The highest BCUT2D eigenvalue weighted by Crippen LogP contribution is 2.24. The Hall–Kier alpha value is -0.570. The van der Waals surface area contributed by atoms with Crippen LogP contribution in [0.4, 0.5) is 0 Å². The first-order valence-corrected chi connectivity index (χ1v) is 5.13. The molecule has 13 heavy (non-hydrogen) atoms. The van der Waals surface area contributed by atoms with Crippen LogP contribution in [0.15, 0.2) is 0 Å². The summed E-state index contributed by atoms with van der Waals surface area (Å²) in [4.78, 5) is 11.3. The molecule has 0 heterocycles. The Morgan fingerprint density at radius 3 is 2.77 bits per heavy atom. The molecule has 1 rings (SSSR count). The zero-order chi connectivity index (χ0) is 9.84. The van der Waals surface area contributed by atoms with Gasteiger partial charge in [0.1, 0.15) is 0 Å². The van der Waals surface area contributed by atoms with Gasteiger partial charge in [0.25, 0.3) is 0 Å². The third kappa shape index (κ3) is 3.77. The summed E-state index contributed by atoms with van der Waals surface area (Å²) in [6.45, 7) is 4.09. The summed E-state index contributed by atoms with van der Waals surface area (Å²) in [5, 5.41) is 3.02. The van der Waals surface area contributed by atoms with Crippen molar-refractivity contribution >= 4 is 5.91 Å². The highest BCUT2D eigenvalue weighted by Gasteiger charge is 2.22. The van der Waals surface area contributed by atoms with Crippen LogP contribution in [0.1, 0.15) is 39.5 Å². The van der Waals surface area contributed by atoms with Gasteiger partial charge in [-0.25, -0.2) is 0 Å². The summed E-state index contributed by atoms with van der Waals surface area (Å²) in [7, 11) is 0. The first-order chi connectivity index (χ1) is 6.08. The number of carbonyl (C=O) groups is 1. The van der Waals surface area contributed by atoms with Gasteiger partial charge in [0.15, 0.2) is 0 Å². The summed E-state index contributed by atoms with van der Waals surface area (Å²) in [5.41, 5.74) is 5.53. The molecule has 3 unspecified atom stereocenters. The lowest BCUT2D eigenvalue weighted by Crippen LogP contribution is -2.36. The molecule has 0 aromatic rings. The van der Waals surface area contributed by atoms with Gasteiger partial charge < -0.3 is 11.1 Å². The largest absolute Gasteiger partial charge is 0.353 e. The van der Waals surface area contributed by atoms with Gasteiger partial charge in [-0.15, -0.1) is 0 Å². The molecular formula is C10H20N2O. The quantitative estimate of drug-likeness (QED) is 0.688. The first kappa shape index (κ1) is 10.5. The predicted molar refractivity (Wildman–Crippen MR) is 53.2 cm³/mol. The summed E-state index contributed by atoms with van der Waals surface area (Å²) in [6, 6.07) is 0.375. The molecule has 0 aromatic heterocycles. The normalized spacial score (nSPS) is 30.1.